The first-order chi connectivity index (χ1) is 22.8. The fourth-order valence-electron chi connectivity index (χ4n) is 6.65. The highest BCUT2D eigenvalue weighted by Crippen LogP contribution is 2.40. The normalized spacial score (nSPS) is 11.5. The zero-order chi connectivity index (χ0) is 30.5. The monoisotopic (exact) mass is 586 g/mol. The highest BCUT2D eigenvalue weighted by atomic mass is 14.7. The van der Waals surface area contributed by atoms with Gasteiger partial charge in [0.25, 0.3) is 0 Å². The Bertz CT molecular complexity index is 2500. The number of pyridine rings is 4. The third-order valence-corrected chi connectivity index (χ3v) is 8.84. The summed E-state index contributed by atoms with van der Waals surface area (Å²) >= 11 is 0. The average molecular weight is 587 g/mol. The zero-order valence-electron chi connectivity index (χ0n) is 24.8. The average Bonchev–Trinajstić information content (AvgIpc) is 3.14. The number of benzene rings is 5. The van der Waals surface area contributed by atoms with Gasteiger partial charge >= 0.3 is 0 Å². The first-order valence-corrected chi connectivity index (χ1v) is 15.4. The van der Waals surface area contributed by atoms with Crippen molar-refractivity contribution in [2.24, 2.45) is 0 Å². The van der Waals surface area contributed by atoms with Crippen LogP contribution >= 0.6 is 0 Å². The van der Waals surface area contributed by atoms with Crippen LogP contribution in [0.4, 0.5) is 0 Å². The molecule has 4 nitrogen and oxygen atoms in total. The van der Waals surface area contributed by atoms with E-state index in [2.05, 4.69) is 124 Å². The number of hydrogen-bond acceptors (Lipinski definition) is 4. The van der Waals surface area contributed by atoms with Crippen LogP contribution in [0, 0.1) is 0 Å². The Morgan fingerprint density at radius 2 is 0.978 bits per heavy atom. The topological polar surface area (TPSA) is 51.6 Å². The third kappa shape index (κ3) is 4.39. The molecule has 0 fully saturated rings. The van der Waals surface area contributed by atoms with Crippen LogP contribution in [0.1, 0.15) is 0 Å². The molecule has 0 spiro atoms. The van der Waals surface area contributed by atoms with Crippen LogP contribution in [0.25, 0.3) is 88.0 Å². The quantitative estimate of drug-likeness (QED) is 0.193. The molecule has 0 saturated carbocycles. The molecule has 0 unspecified atom stereocenters. The van der Waals surface area contributed by atoms with Crippen LogP contribution in [0.3, 0.4) is 0 Å². The lowest BCUT2D eigenvalue weighted by Crippen LogP contribution is -1.92. The summed E-state index contributed by atoms with van der Waals surface area (Å²) in [6.45, 7) is 0. The van der Waals surface area contributed by atoms with E-state index in [9.17, 15) is 0 Å². The van der Waals surface area contributed by atoms with Crippen molar-refractivity contribution in [2.75, 3.05) is 0 Å². The molecule has 46 heavy (non-hydrogen) atoms. The molecule has 0 atom stereocenters. The molecule has 0 aliphatic carbocycles. The summed E-state index contributed by atoms with van der Waals surface area (Å²) < 4.78 is 0. The standard InChI is InChI=1S/C42H26N4/c1-2-10-39-36(8-1)41-37(17-15-28-16-18-38-35(40(28)41)9-5-21-45-38)42(46-39)29-13-11-27(12-14-29)32-22-33(30-6-3-19-43-25-30)24-34(23-32)31-7-4-20-44-26-31/h1-26H. The van der Waals surface area contributed by atoms with Crippen LogP contribution in [0.15, 0.2) is 158 Å². The van der Waals surface area contributed by atoms with E-state index in [0.29, 0.717) is 0 Å². The van der Waals surface area contributed by atoms with Crippen molar-refractivity contribution < 1.29 is 0 Å². The van der Waals surface area contributed by atoms with Crippen molar-refractivity contribution in [1.82, 2.24) is 19.9 Å². The Morgan fingerprint density at radius 3 is 1.70 bits per heavy atom. The van der Waals surface area contributed by atoms with E-state index in [1.54, 1.807) is 12.4 Å². The molecule has 4 aromatic heterocycles. The molecule has 9 aromatic rings. The largest absolute Gasteiger partial charge is 0.264 e. The SMILES string of the molecule is c1cncc(-c2cc(-c3ccc(-c4nc5ccccc5c5c4ccc4ccc6ncccc6c45)cc3)cc(-c3cccnc3)c2)c1. The summed E-state index contributed by atoms with van der Waals surface area (Å²) in [7, 11) is 0. The maximum atomic E-state index is 5.24. The van der Waals surface area contributed by atoms with Crippen molar-refractivity contribution in [2.45, 2.75) is 0 Å². The van der Waals surface area contributed by atoms with Gasteiger partial charge in [0, 0.05) is 69.2 Å². The molecule has 0 aliphatic heterocycles. The van der Waals surface area contributed by atoms with Gasteiger partial charge in [-0.15, -0.1) is 0 Å². The Kier molecular flexibility index (Phi) is 6.10. The smallest absolute Gasteiger partial charge is 0.0788 e. The molecule has 214 valence electrons. The Labute approximate surface area is 265 Å². The molecule has 0 aliphatic rings. The molecule has 9 rings (SSSR count). The molecular weight excluding hydrogens is 560 g/mol. The summed E-state index contributed by atoms with van der Waals surface area (Å²) in [5.41, 5.74) is 10.7. The minimum atomic E-state index is 0.975. The van der Waals surface area contributed by atoms with E-state index in [0.717, 1.165) is 71.8 Å². The zero-order valence-corrected chi connectivity index (χ0v) is 24.8. The fourth-order valence-corrected chi connectivity index (χ4v) is 6.65. The molecule has 0 bridgehead atoms. The van der Waals surface area contributed by atoms with E-state index < -0.39 is 0 Å². The van der Waals surface area contributed by atoms with Crippen molar-refractivity contribution in [3.05, 3.63) is 158 Å². The maximum absolute atomic E-state index is 5.24. The minimum Gasteiger partial charge on any atom is -0.264 e. The number of fused-ring (bicyclic) bond motifs is 7. The summed E-state index contributed by atoms with van der Waals surface area (Å²) in [4.78, 5) is 18.6. The Morgan fingerprint density at radius 1 is 0.370 bits per heavy atom. The van der Waals surface area contributed by atoms with Crippen LogP contribution in [0.5, 0.6) is 0 Å². The van der Waals surface area contributed by atoms with Crippen molar-refractivity contribution in [3.63, 3.8) is 0 Å². The molecule has 5 aromatic carbocycles. The van der Waals surface area contributed by atoms with Gasteiger partial charge in [0.1, 0.15) is 0 Å². The summed E-state index contributed by atoms with van der Waals surface area (Å²) in [5.74, 6) is 0. The van der Waals surface area contributed by atoms with E-state index in [4.69, 9.17) is 4.98 Å². The molecule has 0 radical (unpaired) electrons. The van der Waals surface area contributed by atoms with Gasteiger partial charge in [-0.25, -0.2) is 4.98 Å². The van der Waals surface area contributed by atoms with E-state index in [1.165, 1.54) is 16.2 Å². The first kappa shape index (κ1) is 26.2. The van der Waals surface area contributed by atoms with Gasteiger partial charge in [-0.1, -0.05) is 78.9 Å². The second kappa shape index (κ2) is 10.7. The van der Waals surface area contributed by atoms with E-state index >= 15 is 0 Å². The van der Waals surface area contributed by atoms with Gasteiger partial charge in [0.2, 0.25) is 0 Å². The number of nitrogens with zero attached hydrogens (tertiary/aromatic N) is 4. The van der Waals surface area contributed by atoms with Crippen LogP contribution < -0.4 is 0 Å². The number of hydrogen-bond donors (Lipinski definition) is 0. The van der Waals surface area contributed by atoms with Crippen molar-refractivity contribution in [3.8, 4) is 44.6 Å². The second-order valence-corrected chi connectivity index (χ2v) is 11.6. The van der Waals surface area contributed by atoms with Gasteiger partial charge in [0.15, 0.2) is 0 Å². The summed E-state index contributed by atoms with van der Waals surface area (Å²) in [6.07, 6.45) is 9.29. The molecular formula is C42H26N4. The Balaban J connectivity index is 1.23. The fraction of sp³-hybridized carbons (Fsp3) is 0. The van der Waals surface area contributed by atoms with Gasteiger partial charge in [-0.05, 0) is 81.6 Å². The lowest BCUT2D eigenvalue weighted by molar-refractivity contribution is 1.32. The van der Waals surface area contributed by atoms with E-state index in [-0.39, 0.29) is 0 Å². The predicted molar refractivity (Wildman–Crippen MR) is 189 cm³/mol. The molecule has 4 heteroatoms. The third-order valence-electron chi connectivity index (χ3n) is 8.84. The first-order valence-electron chi connectivity index (χ1n) is 15.4. The van der Waals surface area contributed by atoms with Crippen LogP contribution in [-0.2, 0) is 0 Å². The molecule has 0 saturated heterocycles. The summed E-state index contributed by atoms with van der Waals surface area (Å²) in [5, 5.41) is 7.06. The lowest BCUT2D eigenvalue weighted by atomic mass is 9.92. The lowest BCUT2D eigenvalue weighted by Gasteiger charge is -2.15. The molecule has 0 amide bonds. The summed E-state index contributed by atoms with van der Waals surface area (Å²) in [6, 6.07) is 45.0. The van der Waals surface area contributed by atoms with Gasteiger partial charge < -0.3 is 0 Å². The van der Waals surface area contributed by atoms with Crippen molar-refractivity contribution >= 4 is 43.4 Å². The van der Waals surface area contributed by atoms with E-state index in [1.807, 2.05) is 36.8 Å². The number of aromatic nitrogens is 4. The van der Waals surface area contributed by atoms with Gasteiger partial charge in [-0.3, -0.25) is 15.0 Å². The van der Waals surface area contributed by atoms with Crippen LogP contribution in [-0.4, -0.2) is 19.9 Å². The molecule has 4 heterocycles. The number of rotatable bonds is 4. The minimum absolute atomic E-state index is 0.975. The Hall–Kier alpha value is -6.26. The maximum Gasteiger partial charge on any atom is 0.0788 e. The van der Waals surface area contributed by atoms with Gasteiger partial charge in [0.05, 0.1) is 16.7 Å². The van der Waals surface area contributed by atoms with Crippen LogP contribution in [0.2, 0.25) is 0 Å². The highest BCUT2D eigenvalue weighted by molar-refractivity contribution is 6.28. The second-order valence-electron chi connectivity index (χ2n) is 11.6. The predicted octanol–water partition coefficient (Wildman–Crippen LogP) is 10.5. The number of para-hydroxylation sites is 1. The molecule has 0 N–H and O–H groups in total. The van der Waals surface area contributed by atoms with Gasteiger partial charge in [-0.2, -0.15) is 0 Å². The van der Waals surface area contributed by atoms with Crippen molar-refractivity contribution in [1.29, 1.82) is 0 Å². The highest BCUT2D eigenvalue weighted by Gasteiger charge is 2.15.